The van der Waals surface area contributed by atoms with E-state index in [1.165, 1.54) is 0 Å². The van der Waals surface area contributed by atoms with Crippen LogP contribution in [0.15, 0.2) is 18.2 Å². The molecule has 2 aliphatic heterocycles. The molecule has 0 radical (unpaired) electrons. The summed E-state index contributed by atoms with van der Waals surface area (Å²) in [7, 11) is 0. The van der Waals surface area contributed by atoms with Crippen LogP contribution >= 0.6 is 0 Å². The molecule has 0 aromatic heterocycles. The van der Waals surface area contributed by atoms with Crippen molar-refractivity contribution in [1.82, 2.24) is 21.5 Å². The monoisotopic (exact) mass is 278 g/mol. The van der Waals surface area contributed by atoms with E-state index in [0.29, 0.717) is 19.8 Å². The maximum Gasteiger partial charge on any atom is 0.315 e. The molecule has 4 N–H and O–H groups in total. The normalized spacial score (nSPS) is 17.8. The molecule has 0 saturated carbocycles. The number of para-hydroxylation sites is 1. The second-order valence-electron chi connectivity index (χ2n) is 4.73. The van der Waals surface area contributed by atoms with Crippen molar-refractivity contribution < 1.29 is 14.3 Å². The average Bonchev–Trinajstić information content (AvgIpc) is 2.98. The van der Waals surface area contributed by atoms with Gasteiger partial charge in [-0.3, -0.25) is 10.9 Å². The first-order valence-electron chi connectivity index (χ1n) is 6.70. The summed E-state index contributed by atoms with van der Waals surface area (Å²) in [5.41, 5.74) is 6.84. The summed E-state index contributed by atoms with van der Waals surface area (Å²) in [6, 6.07) is 5.61. The number of hydrogen-bond acceptors (Lipinski definition) is 5. The molecule has 2 heterocycles. The highest BCUT2D eigenvalue weighted by Gasteiger charge is 2.18. The van der Waals surface area contributed by atoms with Crippen LogP contribution in [-0.4, -0.2) is 38.4 Å². The summed E-state index contributed by atoms with van der Waals surface area (Å²) in [5.74, 6) is 1.46. The molecule has 2 aliphatic rings. The number of benzene rings is 1. The van der Waals surface area contributed by atoms with Crippen molar-refractivity contribution in [2.45, 2.75) is 12.6 Å². The summed E-state index contributed by atoms with van der Waals surface area (Å²) in [6.07, 6.45) is 0. The number of carbonyl (C=O) groups is 1. The number of ether oxygens (including phenoxy) is 2. The highest BCUT2D eigenvalue weighted by atomic mass is 16.6. The van der Waals surface area contributed by atoms with Crippen LogP contribution in [0.5, 0.6) is 11.5 Å². The summed E-state index contributed by atoms with van der Waals surface area (Å²) in [5, 5.41) is 5.72. The van der Waals surface area contributed by atoms with Crippen molar-refractivity contribution in [1.29, 1.82) is 0 Å². The van der Waals surface area contributed by atoms with Gasteiger partial charge >= 0.3 is 6.03 Å². The number of urea groups is 1. The van der Waals surface area contributed by atoms with Gasteiger partial charge in [0.1, 0.15) is 13.2 Å². The molecule has 0 bridgehead atoms. The van der Waals surface area contributed by atoms with Gasteiger partial charge in [0.15, 0.2) is 11.5 Å². The molecule has 1 aromatic rings. The van der Waals surface area contributed by atoms with Gasteiger partial charge in [0.2, 0.25) is 0 Å². The van der Waals surface area contributed by atoms with Crippen LogP contribution in [0.4, 0.5) is 4.79 Å². The van der Waals surface area contributed by atoms with Gasteiger partial charge in [-0.1, -0.05) is 12.1 Å². The molecule has 1 aromatic carbocycles. The first kappa shape index (κ1) is 13.0. The van der Waals surface area contributed by atoms with Crippen molar-refractivity contribution >= 4 is 6.03 Å². The number of hydrazine groups is 1. The summed E-state index contributed by atoms with van der Waals surface area (Å²) in [4.78, 5) is 11.8. The molecule has 0 aliphatic carbocycles. The Morgan fingerprint density at radius 3 is 2.90 bits per heavy atom. The van der Waals surface area contributed by atoms with E-state index in [-0.39, 0.29) is 12.1 Å². The van der Waals surface area contributed by atoms with E-state index in [2.05, 4.69) is 21.5 Å². The smallest absolute Gasteiger partial charge is 0.315 e. The molecule has 0 spiro atoms. The third-order valence-electron chi connectivity index (χ3n) is 3.24. The Hall–Kier alpha value is -1.99. The lowest BCUT2D eigenvalue weighted by Gasteiger charge is -2.21. The number of carbonyl (C=O) groups excluding carboxylic acids is 1. The van der Waals surface area contributed by atoms with Crippen molar-refractivity contribution in [3.63, 3.8) is 0 Å². The Kier molecular flexibility index (Phi) is 3.89. The first-order valence-corrected chi connectivity index (χ1v) is 6.70. The SMILES string of the molecule is O=C(NCc1cccc2c1OCCO2)NC1CNNC1. The first-order chi connectivity index (χ1) is 9.83. The van der Waals surface area contributed by atoms with Gasteiger partial charge < -0.3 is 20.1 Å². The second-order valence-corrected chi connectivity index (χ2v) is 4.73. The fraction of sp³-hybridized carbons (Fsp3) is 0.462. The lowest BCUT2D eigenvalue weighted by molar-refractivity contribution is 0.169. The van der Waals surface area contributed by atoms with Crippen LogP contribution in [0.3, 0.4) is 0 Å². The second kappa shape index (κ2) is 5.98. The third kappa shape index (κ3) is 2.94. The van der Waals surface area contributed by atoms with Gasteiger partial charge in [-0.15, -0.1) is 0 Å². The van der Waals surface area contributed by atoms with Crippen molar-refractivity contribution in [3.05, 3.63) is 23.8 Å². The van der Waals surface area contributed by atoms with E-state index in [1.54, 1.807) is 0 Å². The van der Waals surface area contributed by atoms with Gasteiger partial charge in [-0.25, -0.2) is 4.79 Å². The molecular weight excluding hydrogens is 260 g/mol. The molecule has 108 valence electrons. The third-order valence-corrected chi connectivity index (χ3v) is 3.24. The zero-order valence-corrected chi connectivity index (χ0v) is 11.1. The van der Waals surface area contributed by atoms with Gasteiger partial charge in [0.25, 0.3) is 0 Å². The van der Waals surface area contributed by atoms with Crippen LogP contribution in [-0.2, 0) is 6.54 Å². The predicted molar refractivity (Wildman–Crippen MR) is 72.6 cm³/mol. The Labute approximate surface area is 117 Å². The Balaban J connectivity index is 1.56. The number of amides is 2. The van der Waals surface area contributed by atoms with E-state index >= 15 is 0 Å². The molecule has 3 rings (SSSR count). The highest BCUT2D eigenvalue weighted by Crippen LogP contribution is 2.33. The van der Waals surface area contributed by atoms with E-state index in [1.807, 2.05) is 18.2 Å². The fourth-order valence-electron chi connectivity index (χ4n) is 2.25. The molecule has 1 saturated heterocycles. The molecule has 2 amide bonds. The van der Waals surface area contributed by atoms with Crippen molar-refractivity contribution in [2.24, 2.45) is 0 Å². The quantitative estimate of drug-likeness (QED) is 0.612. The molecule has 7 heteroatoms. The zero-order valence-electron chi connectivity index (χ0n) is 11.1. The Morgan fingerprint density at radius 1 is 1.25 bits per heavy atom. The van der Waals surface area contributed by atoms with Crippen LogP contribution < -0.4 is 31.0 Å². The van der Waals surface area contributed by atoms with Crippen LogP contribution in [0.1, 0.15) is 5.56 Å². The number of nitrogens with one attached hydrogen (secondary N) is 4. The zero-order chi connectivity index (χ0) is 13.8. The highest BCUT2D eigenvalue weighted by molar-refractivity contribution is 5.74. The summed E-state index contributed by atoms with van der Waals surface area (Å²) in [6.45, 7) is 2.96. The van der Waals surface area contributed by atoms with Gasteiger partial charge in [-0.05, 0) is 6.07 Å². The standard InChI is InChI=1S/C13H18N4O3/c18-13(17-10-7-15-16-8-10)14-6-9-2-1-3-11-12(9)20-5-4-19-11/h1-3,10,15-16H,4-8H2,(H2,14,17,18). The number of hydrogen-bond donors (Lipinski definition) is 4. The lowest BCUT2D eigenvalue weighted by Crippen LogP contribution is -2.44. The molecule has 7 nitrogen and oxygen atoms in total. The maximum atomic E-state index is 11.8. The largest absolute Gasteiger partial charge is 0.486 e. The van der Waals surface area contributed by atoms with Gasteiger partial charge in [-0.2, -0.15) is 0 Å². The number of rotatable bonds is 3. The number of fused-ring (bicyclic) bond motifs is 1. The van der Waals surface area contributed by atoms with E-state index < -0.39 is 0 Å². The van der Waals surface area contributed by atoms with Crippen LogP contribution in [0.25, 0.3) is 0 Å². The van der Waals surface area contributed by atoms with E-state index in [9.17, 15) is 4.79 Å². The molecule has 0 atom stereocenters. The van der Waals surface area contributed by atoms with E-state index in [4.69, 9.17) is 9.47 Å². The minimum absolute atomic E-state index is 0.110. The Morgan fingerprint density at radius 2 is 2.05 bits per heavy atom. The minimum Gasteiger partial charge on any atom is -0.486 e. The van der Waals surface area contributed by atoms with E-state index in [0.717, 1.165) is 30.2 Å². The average molecular weight is 278 g/mol. The summed E-state index contributed by atoms with van der Waals surface area (Å²) < 4.78 is 11.1. The van der Waals surface area contributed by atoms with Crippen LogP contribution in [0, 0.1) is 0 Å². The van der Waals surface area contributed by atoms with Crippen LogP contribution in [0.2, 0.25) is 0 Å². The molecule has 1 fully saturated rings. The molecule has 20 heavy (non-hydrogen) atoms. The van der Waals surface area contributed by atoms with Crippen molar-refractivity contribution in [2.75, 3.05) is 26.3 Å². The fourth-order valence-corrected chi connectivity index (χ4v) is 2.25. The molecular formula is C13H18N4O3. The summed E-state index contributed by atoms with van der Waals surface area (Å²) >= 11 is 0. The van der Waals surface area contributed by atoms with Gasteiger partial charge in [0, 0.05) is 25.2 Å². The predicted octanol–water partition coefficient (Wildman–Crippen LogP) is -0.267. The maximum absolute atomic E-state index is 11.8. The molecule has 0 unspecified atom stereocenters. The minimum atomic E-state index is -0.185. The van der Waals surface area contributed by atoms with Crippen molar-refractivity contribution in [3.8, 4) is 11.5 Å². The topological polar surface area (TPSA) is 83.7 Å². The lowest BCUT2D eigenvalue weighted by atomic mass is 10.1. The van der Waals surface area contributed by atoms with Gasteiger partial charge in [0.05, 0.1) is 6.04 Å². The Bertz CT molecular complexity index is 489.